The Kier molecular flexibility index (Phi) is 7.16. The molecule has 0 aromatic heterocycles. The molecule has 1 atom stereocenters. The Morgan fingerprint density at radius 3 is 2.03 bits per heavy atom. The fourth-order valence-corrected chi connectivity index (χ4v) is 5.57. The van der Waals surface area contributed by atoms with Crippen LogP contribution in [-0.2, 0) is 21.2 Å². The van der Waals surface area contributed by atoms with E-state index in [1.165, 1.54) is 0 Å². The summed E-state index contributed by atoms with van der Waals surface area (Å²) in [5.74, 6) is -0.400. The van der Waals surface area contributed by atoms with Crippen molar-refractivity contribution in [2.24, 2.45) is 0 Å². The lowest BCUT2D eigenvalue weighted by molar-refractivity contribution is -0.117. The number of benzene rings is 3. The van der Waals surface area contributed by atoms with Crippen molar-refractivity contribution in [1.29, 1.82) is 0 Å². The summed E-state index contributed by atoms with van der Waals surface area (Å²) in [5.41, 5.74) is 5.98. The van der Waals surface area contributed by atoms with Gasteiger partial charge in [-0.05, 0) is 81.0 Å². The minimum Gasteiger partial charge on any atom is -0.325 e. The first-order valence-corrected chi connectivity index (χ1v) is 12.1. The molecule has 1 amide bonds. The molecule has 0 saturated carbocycles. The monoisotopic (exact) mass is 450 g/mol. The molecule has 3 aromatic rings. The summed E-state index contributed by atoms with van der Waals surface area (Å²) >= 11 is 0. The van der Waals surface area contributed by atoms with Crippen LogP contribution in [0.25, 0.3) is 0 Å². The average molecular weight is 451 g/mol. The van der Waals surface area contributed by atoms with E-state index in [0.29, 0.717) is 16.8 Å². The first-order chi connectivity index (χ1) is 15.1. The highest BCUT2D eigenvalue weighted by Gasteiger charge is 2.28. The smallest absolute Gasteiger partial charge is 0.242 e. The van der Waals surface area contributed by atoms with Gasteiger partial charge in [0.1, 0.15) is 6.04 Å². The van der Waals surface area contributed by atoms with E-state index in [1.807, 2.05) is 81.4 Å². The van der Waals surface area contributed by atoms with Gasteiger partial charge in [-0.25, -0.2) is 8.42 Å². The molecule has 2 N–H and O–H groups in total. The molecule has 3 rings (SSSR count). The van der Waals surface area contributed by atoms with Crippen LogP contribution in [0.4, 0.5) is 5.69 Å². The summed E-state index contributed by atoms with van der Waals surface area (Å²) in [6, 6.07) is 17.7. The number of carbonyl (C=O) groups excluding carboxylic acids is 1. The number of sulfonamides is 1. The van der Waals surface area contributed by atoms with Gasteiger partial charge in [-0.2, -0.15) is 4.72 Å². The number of rotatable bonds is 7. The van der Waals surface area contributed by atoms with Gasteiger partial charge >= 0.3 is 0 Å². The summed E-state index contributed by atoms with van der Waals surface area (Å²) < 4.78 is 29.4. The highest BCUT2D eigenvalue weighted by Crippen LogP contribution is 2.23. The third kappa shape index (κ3) is 5.64. The number of nitrogens with one attached hydrogen (secondary N) is 2. The molecule has 0 aliphatic heterocycles. The Balaban J connectivity index is 1.93. The van der Waals surface area contributed by atoms with Gasteiger partial charge in [0.15, 0.2) is 0 Å². The van der Waals surface area contributed by atoms with Gasteiger partial charge in [0.2, 0.25) is 15.9 Å². The molecule has 5 nitrogen and oxygen atoms in total. The number of carbonyl (C=O) groups is 1. The first-order valence-electron chi connectivity index (χ1n) is 10.6. The van der Waals surface area contributed by atoms with Crippen LogP contribution in [0.3, 0.4) is 0 Å². The molecule has 168 valence electrons. The third-order valence-corrected chi connectivity index (χ3v) is 7.32. The third-order valence-electron chi connectivity index (χ3n) is 5.54. The summed E-state index contributed by atoms with van der Waals surface area (Å²) in [4.78, 5) is 13.4. The zero-order valence-electron chi connectivity index (χ0n) is 19.2. The van der Waals surface area contributed by atoms with Gasteiger partial charge in [0.05, 0.1) is 4.90 Å². The highest BCUT2D eigenvalue weighted by molar-refractivity contribution is 7.89. The van der Waals surface area contributed by atoms with Crippen LogP contribution in [0, 0.1) is 34.6 Å². The van der Waals surface area contributed by atoms with Crippen LogP contribution in [0.1, 0.15) is 33.4 Å². The Hall–Kier alpha value is -2.96. The Labute approximate surface area is 190 Å². The SMILES string of the molecule is Cc1cc(C)c(S(=O)(=O)N[C@@H](Cc2ccccc2)C(=O)Nc2ccc(C)c(C)c2)c(C)c1. The maximum absolute atomic E-state index is 13.4. The lowest BCUT2D eigenvalue weighted by Gasteiger charge is -2.21. The van der Waals surface area contributed by atoms with E-state index < -0.39 is 22.0 Å². The van der Waals surface area contributed by atoms with E-state index in [-0.39, 0.29) is 11.3 Å². The van der Waals surface area contributed by atoms with Gasteiger partial charge in [0, 0.05) is 5.69 Å². The van der Waals surface area contributed by atoms with Gasteiger partial charge in [0.25, 0.3) is 0 Å². The molecule has 3 aromatic carbocycles. The van der Waals surface area contributed by atoms with Crippen molar-refractivity contribution < 1.29 is 13.2 Å². The van der Waals surface area contributed by atoms with Crippen LogP contribution in [0.5, 0.6) is 0 Å². The molecule has 0 bridgehead atoms. The fraction of sp³-hybridized carbons (Fsp3) is 0.269. The highest BCUT2D eigenvalue weighted by atomic mass is 32.2. The normalized spacial score (nSPS) is 12.4. The maximum Gasteiger partial charge on any atom is 0.242 e. The van der Waals surface area contributed by atoms with Crippen LogP contribution in [-0.4, -0.2) is 20.4 Å². The second-order valence-electron chi connectivity index (χ2n) is 8.38. The summed E-state index contributed by atoms with van der Waals surface area (Å²) in [5, 5.41) is 2.88. The number of amides is 1. The number of anilines is 1. The lowest BCUT2D eigenvalue weighted by atomic mass is 10.1. The summed E-state index contributed by atoms with van der Waals surface area (Å²) in [6.45, 7) is 9.45. The predicted octanol–water partition coefficient (Wildman–Crippen LogP) is 4.76. The fourth-order valence-electron chi connectivity index (χ4n) is 3.92. The van der Waals surface area contributed by atoms with Gasteiger partial charge in [-0.3, -0.25) is 4.79 Å². The predicted molar refractivity (Wildman–Crippen MR) is 129 cm³/mol. The van der Waals surface area contributed by atoms with Crippen LogP contribution in [0.15, 0.2) is 65.6 Å². The number of aryl methyl sites for hydroxylation is 5. The van der Waals surface area contributed by atoms with Crippen molar-refractivity contribution >= 4 is 21.6 Å². The van der Waals surface area contributed by atoms with Crippen molar-refractivity contribution in [2.45, 2.75) is 52.0 Å². The molecule has 0 heterocycles. The Bertz CT molecular complexity index is 1210. The summed E-state index contributed by atoms with van der Waals surface area (Å²) in [7, 11) is -3.92. The first kappa shape index (κ1) is 23.7. The van der Waals surface area contributed by atoms with Gasteiger partial charge in [-0.1, -0.05) is 54.1 Å². The van der Waals surface area contributed by atoms with Crippen molar-refractivity contribution in [1.82, 2.24) is 4.72 Å². The van der Waals surface area contributed by atoms with Crippen LogP contribution >= 0.6 is 0 Å². The summed E-state index contributed by atoms with van der Waals surface area (Å²) in [6.07, 6.45) is 0.237. The molecule has 0 spiro atoms. The molecule has 0 radical (unpaired) electrons. The largest absolute Gasteiger partial charge is 0.325 e. The second-order valence-corrected chi connectivity index (χ2v) is 10.0. The van der Waals surface area contributed by atoms with Crippen molar-refractivity contribution in [3.8, 4) is 0 Å². The molecular weight excluding hydrogens is 420 g/mol. The van der Waals surface area contributed by atoms with Crippen molar-refractivity contribution in [3.63, 3.8) is 0 Å². The zero-order chi connectivity index (χ0) is 23.5. The molecule has 0 saturated heterocycles. The molecule has 0 aliphatic rings. The molecule has 0 unspecified atom stereocenters. The molecular formula is C26H30N2O3S. The zero-order valence-corrected chi connectivity index (χ0v) is 20.0. The molecule has 0 aliphatic carbocycles. The van der Waals surface area contributed by atoms with E-state index in [9.17, 15) is 13.2 Å². The standard InChI is InChI=1S/C26H30N2O3S/c1-17-13-20(4)25(21(5)14-17)32(30,31)28-24(16-22-9-7-6-8-10-22)26(29)27-23-12-11-18(2)19(3)15-23/h6-15,24,28H,16H2,1-5H3,(H,27,29)/t24-/m0/s1. The molecule has 6 heteroatoms. The minimum absolute atomic E-state index is 0.222. The van der Waals surface area contributed by atoms with Crippen molar-refractivity contribution in [2.75, 3.05) is 5.32 Å². The maximum atomic E-state index is 13.4. The van der Waals surface area contributed by atoms with E-state index in [1.54, 1.807) is 13.8 Å². The van der Waals surface area contributed by atoms with E-state index in [4.69, 9.17) is 0 Å². The quantitative estimate of drug-likeness (QED) is 0.545. The Morgan fingerprint density at radius 2 is 1.44 bits per heavy atom. The van der Waals surface area contributed by atoms with E-state index >= 15 is 0 Å². The van der Waals surface area contributed by atoms with Gasteiger partial charge < -0.3 is 5.32 Å². The Morgan fingerprint density at radius 1 is 0.812 bits per heavy atom. The second kappa shape index (κ2) is 9.67. The lowest BCUT2D eigenvalue weighted by Crippen LogP contribution is -2.45. The van der Waals surface area contributed by atoms with Crippen molar-refractivity contribution in [3.05, 3.63) is 94.0 Å². The van der Waals surface area contributed by atoms with Gasteiger partial charge in [-0.15, -0.1) is 0 Å². The van der Waals surface area contributed by atoms with E-state index in [0.717, 1.165) is 22.3 Å². The van der Waals surface area contributed by atoms with E-state index in [2.05, 4.69) is 10.0 Å². The number of hydrogen-bond acceptors (Lipinski definition) is 3. The topological polar surface area (TPSA) is 75.3 Å². The average Bonchev–Trinajstić information content (AvgIpc) is 2.70. The van der Waals surface area contributed by atoms with Crippen LogP contribution < -0.4 is 10.0 Å². The van der Waals surface area contributed by atoms with Crippen LogP contribution in [0.2, 0.25) is 0 Å². The number of hydrogen-bond donors (Lipinski definition) is 2. The molecule has 0 fully saturated rings. The molecule has 32 heavy (non-hydrogen) atoms. The minimum atomic E-state index is -3.92.